The highest BCUT2D eigenvalue weighted by atomic mass is 35.5. The summed E-state index contributed by atoms with van der Waals surface area (Å²) in [6.07, 6.45) is 1.83. The molecule has 0 bridgehead atoms. The quantitative estimate of drug-likeness (QED) is 0.752. The number of hydrogen-bond acceptors (Lipinski definition) is 3. The first-order valence-corrected chi connectivity index (χ1v) is 9.66. The van der Waals surface area contributed by atoms with Gasteiger partial charge in [0.1, 0.15) is 6.54 Å². The van der Waals surface area contributed by atoms with Crippen LogP contribution in [0.15, 0.2) is 54.6 Å². The van der Waals surface area contributed by atoms with Gasteiger partial charge in [0.25, 0.3) is 5.91 Å². The Hall–Kier alpha value is -2.37. The molecular formula is C21H22ClN3O2. The van der Waals surface area contributed by atoms with Crippen molar-refractivity contribution in [3.05, 3.63) is 70.7 Å². The number of carbonyl (C=O) groups excluding carboxylic acids is 2. The number of halogens is 1. The van der Waals surface area contributed by atoms with Gasteiger partial charge in [-0.3, -0.25) is 4.79 Å². The number of imide groups is 1. The van der Waals surface area contributed by atoms with Crippen LogP contribution in [0.25, 0.3) is 0 Å². The monoisotopic (exact) mass is 383 g/mol. The van der Waals surface area contributed by atoms with Crippen molar-refractivity contribution in [2.75, 3.05) is 19.6 Å². The van der Waals surface area contributed by atoms with Gasteiger partial charge in [0.2, 0.25) is 0 Å². The van der Waals surface area contributed by atoms with Gasteiger partial charge in [0.15, 0.2) is 0 Å². The number of hydrazine groups is 1. The van der Waals surface area contributed by atoms with Crippen LogP contribution >= 0.6 is 11.6 Å². The number of amides is 3. The zero-order valence-electron chi connectivity index (χ0n) is 15.1. The van der Waals surface area contributed by atoms with Crippen LogP contribution in [0.4, 0.5) is 4.79 Å². The van der Waals surface area contributed by atoms with Crippen LogP contribution in [0.5, 0.6) is 0 Å². The minimum atomic E-state index is -0.214. The molecule has 2 heterocycles. The van der Waals surface area contributed by atoms with Gasteiger partial charge in [-0.2, -0.15) is 5.01 Å². The van der Waals surface area contributed by atoms with Gasteiger partial charge in [0, 0.05) is 24.7 Å². The van der Waals surface area contributed by atoms with E-state index in [1.807, 2.05) is 47.5 Å². The smallest absolute Gasteiger partial charge is 0.309 e. The highest BCUT2D eigenvalue weighted by Gasteiger charge is 2.41. The third-order valence-corrected chi connectivity index (χ3v) is 5.58. The normalized spacial score (nSPS) is 19.1. The molecule has 27 heavy (non-hydrogen) atoms. The van der Waals surface area contributed by atoms with Crippen molar-refractivity contribution in [3.63, 3.8) is 0 Å². The molecule has 2 aliphatic heterocycles. The molecule has 0 atom stereocenters. The highest BCUT2D eigenvalue weighted by Crippen LogP contribution is 2.30. The maximum absolute atomic E-state index is 12.8. The Morgan fingerprint density at radius 2 is 1.59 bits per heavy atom. The molecule has 140 valence electrons. The fourth-order valence-electron chi connectivity index (χ4n) is 3.88. The first-order valence-electron chi connectivity index (χ1n) is 9.28. The lowest BCUT2D eigenvalue weighted by Gasteiger charge is -2.36. The topological polar surface area (TPSA) is 43.9 Å². The fraction of sp³-hybridized carbons (Fsp3) is 0.333. The molecule has 6 heteroatoms. The lowest BCUT2D eigenvalue weighted by atomic mass is 9.90. The van der Waals surface area contributed by atoms with E-state index in [4.69, 9.17) is 11.6 Å². The molecule has 0 aromatic heterocycles. The summed E-state index contributed by atoms with van der Waals surface area (Å²) in [5.41, 5.74) is 2.30. The number of rotatable bonds is 4. The number of urea groups is 1. The number of nitrogens with zero attached hydrogens (tertiary/aromatic N) is 3. The number of carbonyl (C=O) groups is 2. The van der Waals surface area contributed by atoms with Crippen molar-refractivity contribution in [1.82, 2.24) is 14.9 Å². The van der Waals surface area contributed by atoms with Crippen LogP contribution in [-0.2, 0) is 11.3 Å². The van der Waals surface area contributed by atoms with E-state index >= 15 is 0 Å². The molecule has 2 saturated heterocycles. The number of benzene rings is 2. The average molecular weight is 384 g/mol. The summed E-state index contributed by atoms with van der Waals surface area (Å²) in [4.78, 5) is 26.9. The van der Waals surface area contributed by atoms with Gasteiger partial charge in [0.05, 0.1) is 0 Å². The van der Waals surface area contributed by atoms with Crippen molar-refractivity contribution in [2.45, 2.75) is 25.3 Å². The average Bonchev–Trinajstić information content (AvgIpc) is 2.97. The van der Waals surface area contributed by atoms with Gasteiger partial charge in [-0.25, -0.2) is 9.80 Å². The lowest BCUT2D eigenvalue weighted by Crippen LogP contribution is -2.50. The molecule has 0 unspecified atom stereocenters. The van der Waals surface area contributed by atoms with Crippen LogP contribution < -0.4 is 0 Å². The van der Waals surface area contributed by atoms with E-state index in [0.29, 0.717) is 25.6 Å². The second-order valence-electron chi connectivity index (χ2n) is 7.11. The van der Waals surface area contributed by atoms with Crippen LogP contribution in [0.1, 0.15) is 29.9 Å². The Kier molecular flexibility index (Phi) is 5.14. The summed E-state index contributed by atoms with van der Waals surface area (Å²) in [5, 5.41) is 3.99. The summed E-state index contributed by atoms with van der Waals surface area (Å²) in [6, 6.07) is 17.5. The lowest BCUT2D eigenvalue weighted by molar-refractivity contribution is -0.138. The third-order valence-electron chi connectivity index (χ3n) is 5.33. The Balaban J connectivity index is 1.38. The molecule has 2 aliphatic rings. The van der Waals surface area contributed by atoms with Gasteiger partial charge in [-0.1, -0.05) is 54.1 Å². The van der Waals surface area contributed by atoms with Crippen molar-refractivity contribution in [3.8, 4) is 0 Å². The summed E-state index contributed by atoms with van der Waals surface area (Å²) in [6.45, 7) is 2.00. The maximum Gasteiger partial charge on any atom is 0.342 e. The highest BCUT2D eigenvalue weighted by molar-refractivity contribution is 6.30. The molecule has 4 rings (SSSR count). The summed E-state index contributed by atoms with van der Waals surface area (Å²) in [5.74, 6) is 0.299. The van der Waals surface area contributed by atoms with E-state index in [1.165, 1.54) is 10.6 Å². The van der Waals surface area contributed by atoms with E-state index < -0.39 is 0 Å². The molecule has 0 aliphatic carbocycles. The molecule has 5 nitrogen and oxygen atoms in total. The van der Waals surface area contributed by atoms with Gasteiger partial charge < -0.3 is 4.90 Å². The fourth-order valence-corrected chi connectivity index (χ4v) is 4.00. The minimum Gasteiger partial charge on any atom is -0.309 e. The van der Waals surface area contributed by atoms with Crippen molar-refractivity contribution in [1.29, 1.82) is 0 Å². The predicted octanol–water partition coefficient (Wildman–Crippen LogP) is 3.90. The van der Waals surface area contributed by atoms with E-state index in [9.17, 15) is 9.59 Å². The Labute approximate surface area is 164 Å². The summed E-state index contributed by atoms with van der Waals surface area (Å²) in [7, 11) is 0. The van der Waals surface area contributed by atoms with Crippen molar-refractivity contribution in [2.24, 2.45) is 0 Å². The van der Waals surface area contributed by atoms with E-state index in [2.05, 4.69) is 12.1 Å². The first kappa shape index (κ1) is 18.0. The standard InChI is InChI=1S/C21H22ClN3O2/c22-19-8-6-17(7-9-19)18-10-12-24(13-11-18)25-20(26)15-23(21(25)27)14-16-4-2-1-3-5-16/h1-9,18H,10-15H2. The minimum absolute atomic E-state index is 0.138. The molecule has 2 fully saturated rings. The Bertz CT molecular complexity index is 817. The molecule has 0 N–H and O–H groups in total. The molecule has 0 spiro atoms. The van der Waals surface area contributed by atoms with E-state index in [0.717, 1.165) is 23.4 Å². The molecule has 0 radical (unpaired) electrons. The van der Waals surface area contributed by atoms with Crippen LogP contribution in [-0.4, -0.2) is 46.5 Å². The first-order chi connectivity index (χ1) is 13.1. The predicted molar refractivity (Wildman–Crippen MR) is 104 cm³/mol. The zero-order chi connectivity index (χ0) is 18.8. The summed E-state index contributed by atoms with van der Waals surface area (Å²) < 4.78 is 0. The second-order valence-corrected chi connectivity index (χ2v) is 7.55. The van der Waals surface area contributed by atoms with Gasteiger partial charge >= 0.3 is 6.03 Å². The molecule has 0 saturated carbocycles. The van der Waals surface area contributed by atoms with Gasteiger partial charge in [-0.05, 0) is 42.0 Å². The Morgan fingerprint density at radius 3 is 2.26 bits per heavy atom. The Morgan fingerprint density at radius 1 is 0.926 bits per heavy atom. The van der Waals surface area contributed by atoms with E-state index in [-0.39, 0.29) is 18.5 Å². The largest absolute Gasteiger partial charge is 0.342 e. The third kappa shape index (κ3) is 3.84. The molecular weight excluding hydrogens is 362 g/mol. The van der Waals surface area contributed by atoms with Gasteiger partial charge in [-0.15, -0.1) is 0 Å². The molecule has 3 amide bonds. The molecule has 2 aromatic rings. The molecule has 2 aromatic carbocycles. The van der Waals surface area contributed by atoms with Crippen LogP contribution in [0, 0.1) is 0 Å². The maximum atomic E-state index is 12.8. The van der Waals surface area contributed by atoms with Crippen molar-refractivity contribution >= 4 is 23.5 Å². The van der Waals surface area contributed by atoms with Crippen LogP contribution in [0.2, 0.25) is 5.02 Å². The number of piperidine rings is 1. The van der Waals surface area contributed by atoms with E-state index in [1.54, 1.807) is 4.90 Å². The SMILES string of the molecule is O=C1CN(Cc2ccccc2)C(=O)N1N1CCC(c2ccc(Cl)cc2)CC1. The number of hydrogen-bond donors (Lipinski definition) is 0. The second kappa shape index (κ2) is 7.71. The van der Waals surface area contributed by atoms with Crippen molar-refractivity contribution < 1.29 is 9.59 Å². The van der Waals surface area contributed by atoms with Crippen LogP contribution in [0.3, 0.4) is 0 Å². The zero-order valence-corrected chi connectivity index (χ0v) is 15.8. The summed E-state index contributed by atoms with van der Waals surface area (Å²) >= 11 is 5.97.